The van der Waals surface area contributed by atoms with Crippen molar-refractivity contribution in [1.29, 1.82) is 0 Å². The molecule has 0 aliphatic rings. The molecule has 0 fully saturated rings. The van der Waals surface area contributed by atoms with E-state index in [2.05, 4.69) is 10.3 Å². The van der Waals surface area contributed by atoms with Crippen LogP contribution in [0.2, 0.25) is 0 Å². The summed E-state index contributed by atoms with van der Waals surface area (Å²) in [6, 6.07) is 5.48. The summed E-state index contributed by atoms with van der Waals surface area (Å²) in [6.07, 6.45) is 2.94. The van der Waals surface area contributed by atoms with Crippen LogP contribution in [0.4, 0.5) is 25.8 Å². The quantitative estimate of drug-likeness (QED) is 0.819. The minimum absolute atomic E-state index is 0.0397. The molecule has 16 heavy (non-hydrogen) atoms. The fraction of sp³-hybridized carbons (Fsp3) is 0. The van der Waals surface area contributed by atoms with E-state index in [1.807, 2.05) is 0 Å². The lowest BCUT2D eigenvalue weighted by Crippen LogP contribution is -1.99. The lowest BCUT2D eigenvalue weighted by molar-refractivity contribution is 0.512. The van der Waals surface area contributed by atoms with Crippen LogP contribution in [0, 0.1) is 11.6 Å². The van der Waals surface area contributed by atoms with Crippen LogP contribution in [0.5, 0.6) is 0 Å². The first-order valence-corrected chi connectivity index (χ1v) is 4.59. The van der Waals surface area contributed by atoms with Crippen molar-refractivity contribution in [2.75, 3.05) is 11.1 Å². The molecule has 0 unspecified atom stereocenters. The summed E-state index contributed by atoms with van der Waals surface area (Å²) in [5, 5.41) is 2.70. The first-order chi connectivity index (χ1) is 7.68. The zero-order valence-electron chi connectivity index (χ0n) is 8.24. The Morgan fingerprint density at radius 3 is 2.69 bits per heavy atom. The van der Waals surface area contributed by atoms with Crippen molar-refractivity contribution in [2.24, 2.45) is 0 Å². The van der Waals surface area contributed by atoms with Gasteiger partial charge in [-0.3, -0.25) is 4.98 Å². The monoisotopic (exact) mass is 221 g/mol. The summed E-state index contributed by atoms with van der Waals surface area (Å²) in [5.41, 5.74) is 6.51. The molecule has 0 bridgehead atoms. The van der Waals surface area contributed by atoms with Gasteiger partial charge < -0.3 is 11.1 Å². The Balaban J connectivity index is 2.35. The lowest BCUT2D eigenvalue weighted by atomic mass is 10.2. The average Bonchev–Trinajstić information content (AvgIpc) is 2.28. The van der Waals surface area contributed by atoms with Gasteiger partial charge in [0.25, 0.3) is 0 Å². The number of rotatable bonds is 2. The van der Waals surface area contributed by atoms with Gasteiger partial charge in [0, 0.05) is 6.20 Å². The van der Waals surface area contributed by atoms with Crippen LogP contribution in [-0.4, -0.2) is 4.98 Å². The number of nitrogens with one attached hydrogen (secondary N) is 1. The van der Waals surface area contributed by atoms with Gasteiger partial charge in [-0.2, -0.15) is 0 Å². The summed E-state index contributed by atoms with van der Waals surface area (Å²) in [4.78, 5) is 3.79. The SMILES string of the molecule is Nc1cnccc1Nc1cccc(F)c1F. The molecule has 3 N–H and O–H groups in total. The van der Waals surface area contributed by atoms with Crippen molar-refractivity contribution in [3.63, 3.8) is 0 Å². The number of hydrogen-bond acceptors (Lipinski definition) is 3. The molecule has 0 saturated heterocycles. The third-order valence-corrected chi connectivity index (χ3v) is 2.07. The van der Waals surface area contributed by atoms with Crippen molar-refractivity contribution >= 4 is 17.1 Å². The zero-order valence-corrected chi connectivity index (χ0v) is 8.24. The van der Waals surface area contributed by atoms with E-state index in [0.717, 1.165) is 6.07 Å². The molecule has 0 saturated carbocycles. The standard InChI is InChI=1S/C11H9F2N3/c12-7-2-1-3-10(11(7)13)16-9-4-5-15-6-8(9)14/h1-6H,14H2,(H,15,16). The highest BCUT2D eigenvalue weighted by atomic mass is 19.2. The Kier molecular flexibility index (Phi) is 2.68. The molecule has 5 heteroatoms. The van der Waals surface area contributed by atoms with Crippen molar-refractivity contribution < 1.29 is 8.78 Å². The summed E-state index contributed by atoms with van der Waals surface area (Å²) in [6.45, 7) is 0. The van der Waals surface area contributed by atoms with Gasteiger partial charge >= 0.3 is 0 Å². The van der Waals surface area contributed by atoms with Crippen LogP contribution in [0.1, 0.15) is 0 Å². The number of anilines is 3. The molecule has 1 aromatic heterocycles. The summed E-state index contributed by atoms with van der Waals surface area (Å²) in [5.74, 6) is -1.84. The number of aromatic nitrogens is 1. The molecule has 0 atom stereocenters. The van der Waals surface area contributed by atoms with Gasteiger partial charge in [0.15, 0.2) is 11.6 Å². The second kappa shape index (κ2) is 4.14. The van der Waals surface area contributed by atoms with E-state index in [0.29, 0.717) is 11.4 Å². The van der Waals surface area contributed by atoms with Gasteiger partial charge in [-0.1, -0.05) is 6.07 Å². The smallest absolute Gasteiger partial charge is 0.182 e. The van der Waals surface area contributed by atoms with Crippen LogP contribution >= 0.6 is 0 Å². The number of benzene rings is 1. The first kappa shape index (κ1) is 10.4. The summed E-state index contributed by atoms with van der Waals surface area (Å²) >= 11 is 0. The lowest BCUT2D eigenvalue weighted by Gasteiger charge is -2.09. The molecule has 0 aliphatic heterocycles. The zero-order chi connectivity index (χ0) is 11.5. The summed E-state index contributed by atoms with van der Waals surface area (Å²) in [7, 11) is 0. The summed E-state index contributed by atoms with van der Waals surface area (Å²) < 4.78 is 26.2. The van der Waals surface area contributed by atoms with Gasteiger partial charge in [-0.15, -0.1) is 0 Å². The van der Waals surface area contributed by atoms with Crippen LogP contribution in [-0.2, 0) is 0 Å². The molecule has 82 valence electrons. The molecule has 2 aromatic rings. The predicted octanol–water partition coefficient (Wildman–Crippen LogP) is 2.69. The van der Waals surface area contributed by atoms with E-state index in [4.69, 9.17) is 5.73 Å². The molecule has 0 spiro atoms. The maximum absolute atomic E-state index is 13.3. The molecule has 2 rings (SSSR count). The highest BCUT2D eigenvalue weighted by Gasteiger charge is 2.08. The number of halogens is 2. The van der Waals surface area contributed by atoms with Crippen molar-refractivity contribution in [2.45, 2.75) is 0 Å². The van der Waals surface area contributed by atoms with E-state index in [1.165, 1.54) is 24.5 Å². The van der Waals surface area contributed by atoms with E-state index in [9.17, 15) is 8.78 Å². The number of pyridine rings is 1. The largest absolute Gasteiger partial charge is 0.396 e. The molecule has 3 nitrogen and oxygen atoms in total. The molecular weight excluding hydrogens is 212 g/mol. The Bertz CT molecular complexity index is 514. The minimum Gasteiger partial charge on any atom is -0.396 e. The molecule has 0 radical (unpaired) electrons. The van der Waals surface area contributed by atoms with Gasteiger partial charge in [-0.25, -0.2) is 8.78 Å². The Labute approximate surface area is 90.9 Å². The Morgan fingerprint density at radius 2 is 1.94 bits per heavy atom. The topological polar surface area (TPSA) is 50.9 Å². The molecule has 1 heterocycles. The highest BCUT2D eigenvalue weighted by Crippen LogP contribution is 2.24. The number of hydrogen-bond donors (Lipinski definition) is 2. The fourth-order valence-corrected chi connectivity index (χ4v) is 1.27. The van der Waals surface area contributed by atoms with Crippen molar-refractivity contribution in [3.8, 4) is 0 Å². The first-order valence-electron chi connectivity index (χ1n) is 4.59. The number of nitrogens with two attached hydrogens (primary N) is 1. The third-order valence-electron chi connectivity index (χ3n) is 2.07. The molecular formula is C11H9F2N3. The number of nitrogens with zero attached hydrogens (tertiary/aromatic N) is 1. The Morgan fingerprint density at radius 1 is 1.12 bits per heavy atom. The third kappa shape index (κ3) is 1.93. The van der Waals surface area contributed by atoms with Crippen molar-refractivity contribution in [3.05, 3.63) is 48.3 Å². The average molecular weight is 221 g/mol. The van der Waals surface area contributed by atoms with Gasteiger partial charge in [0.2, 0.25) is 0 Å². The maximum atomic E-state index is 13.3. The molecule has 0 amide bonds. The van der Waals surface area contributed by atoms with Gasteiger partial charge in [0.1, 0.15) is 0 Å². The van der Waals surface area contributed by atoms with Crippen LogP contribution in [0.25, 0.3) is 0 Å². The van der Waals surface area contributed by atoms with Crippen LogP contribution in [0.3, 0.4) is 0 Å². The maximum Gasteiger partial charge on any atom is 0.182 e. The second-order valence-corrected chi connectivity index (χ2v) is 3.19. The fourth-order valence-electron chi connectivity index (χ4n) is 1.27. The van der Waals surface area contributed by atoms with Gasteiger partial charge in [-0.05, 0) is 18.2 Å². The van der Waals surface area contributed by atoms with E-state index >= 15 is 0 Å². The van der Waals surface area contributed by atoms with Gasteiger partial charge in [0.05, 0.1) is 23.3 Å². The second-order valence-electron chi connectivity index (χ2n) is 3.19. The van der Waals surface area contributed by atoms with Crippen molar-refractivity contribution in [1.82, 2.24) is 4.98 Å². The normalized spacial score (nSPS) is 10.1. The van der Waals surface area contributed by atoms with Crippen LogP contribution < -0.4 is 11.1 Å². The Hall–Kier alpha value is -2.17. The predicted molar refractivity (Wildman–Crippen MR) is 58.3 cm³/mol. The highest BCUT2D eigenvalue weighted by molar-refractivity contribution is 5.71. The van der Waals surface area contributed by atoms with Crippen LogP contribution in [0.15, 0.2) is 36.7 Å². The van der Waals surface area contributed by atoms with E-state index in [-0.39, 0.29) is 5.69 Å². The molecule has 1 aromatic carbocycles. The van der Waals surface area contributed by atoms with E-state index in [1.54, 1.807) is 6.07 Å². The minimum atomic E-state index is -0.932. The number of nitrogen functional groups attached to an aromatic ring is 1. The van der Waals surface area contributed by atoms with E-state index < -0.39 is 11.6 Å². The molecule has 0 aliphatic carbocycles.